The molecule has 1 amide bonds. The van der Waals surface area contributed by atoms with Gasteiger partial charge in [-0.2, -0.15) is 0 Å². The molecule has 3 rings (SSSR count). The SMILES string of the molecule is O=C(Cc1ccc[nH]1)N1CCC(C(O)c2ccc(F)cc2)CC1. The molecule has 122 valence electrons. The summed E-state index contributed by atoms with van der Waals surface area (Å²) in [6.07, 6.45) is 3.12. The number of rotatable bonds is 4. The number of likely N-dealkylation sites (tertiary alicyclic amines) is 1. The fraction of sp³-hybridized carbons (Fsp3) is 0.389. The highest BCUT2D eigenvalue weighted by atomic mass is 19.1. The van der Waals surface area contributed by atoms with Crippen LogP contribution in [0.1, 0.15) is 30.2 Å². The second kappa shape index (κ2) is 6.96. The molecule has 1 aliphatic heterocycles. The minimum atomic E-state index is -0.601. The Hall–Kier alpha value is -2.14. The number of benzene rings is 1. The van der Waals surface area contributed by atoms with Crippen LogP contribution in [0, 0.1) is 11.7 Å². The first-order valence-corrected chi connectivity index (χ1v) is 7.97. The number of aliphatic hydroxyl groups excluding tert-OH is 1. The Morgan fingerprint density at radius 2 is 1.96 bits per heavy atom. The van der Waals surface area contributed by atoms with Gasteiger partial charge in [0.25, 0.3) is 0 Å². The Balaban J connectivity index is 1.53. The largest absolute Gasteiger partial charge is 0.388 e. The van der Waals surface area contributed by atoms with Crippen molar-refractivity contribution in [2.75, 3.05) is 13.1 Å². The first kappa shape index (κ1) is 15.7. The standard InChI is InChI=1S/C18H21FN2O2/c19-15-5-3-13(4-6-15)18(23)14-7-10-21(11-8-14)17(22)12-16-2-1-9-20-16/h1-6,9,14,18,20,23H,7-8,10-12H2. The number of amides is 1. The molecule has 1 aromatic carbocycles. The number of halogens is 1. The number of aliphatic hydroxyl groups is 1. The first-order valence-electron chi connectivity index (χ1n) is 7.97. The number of aromatic amines is 1. The average Bonchev–Trinajstić information content (AvgIpc) is 3.08. The van der Waals surface area contributed by atoms with Crippen LogP contribution in [-0.4, -0.2) is 34.0 Å². The van der Waals surface area contributed by atoms with Crippen molar-refractivity contribution in [2.24, 2.45) is 5.92 Å². The van der Waals surface area contributed by atoms with Crippen molar-refractivity contribution in [3.05, 3.63) is 59.7 Å². The summed E-state index contributed by atoms with van der Waals surface area (Å²) in [5.74, 6) is -0.0807. The zero-order chi connectivity index (χ0) is 16.2. The molecule has 4 nitrogen and oxygen atoms in total. The molecule has 2 N–H and O–H groups in total. The van der Waals surface area contributed by atoms with Crippen LogP contribution < -0.4 is 0 Å². The van der Waals surface area contributed by atoms with E-state index in [0.717, 1.165) is 24.1 Å². The Morgan fingerprint density at radius 1 is 1.26 bits per heavy atom. The van der Waals surface area contributed by atoms with E-state index in [9.17, 15) is 14.3 Å². The van der Waals surface area contributed by atoms with Crippen molar-refractivity contribution in [1.82, 2.24) is 9.88 Å². The molecule has 1 saturated heterocycles. The van der Waals surface area contributed by atoms with E-state index >= 15 is 0 Å². The monoisotopic (exact) mass is 316 g/mol. The molecule has 0 aliphatic carbocycles. The van der Waals surface area contributed by atoms with Gasteiger partial charge >= 0.3 is 0 Å². The normalized spacial score (nSPS) is 17.2. The van der Waals surface area contributed by atoms with Crippen LogP contribution in [0.3, 0.4) is 0 Å². The molecule has 0 saturated carbocycles. The molecule has 1 aromatic heterocycles. The topological polar surface area (TPSA) is 56.3 Å². The van der Waals surface area contributed by atoms with Crippen LogP contribution >= 0.6 is 0 Å². The number of H-pyrrole nitrogens is 1. The lowest BCUT2D eigenvalue weighted by atomic mass is 9.87. The lowest BCUT2D eigenvalue weighted by Gasteiger charge is -2.34. The van der Waals surface area contributed by atoms with Crippen LogP contribution in [0.15, 0.2) is 42.6 Å². The zero-order valence-corrected chi connectivity index (χ0v) is 12.9. The van der Waals surface area contributed by atoms with Gasteiger partial charge in [0.1, 0.15) is 5.82 Å². The summed E-state index contributed by atoms with van der Waals surface area (Å²) in [7, 11) is 0. The number of carbonyl (C=O) groups excluding carboxylic acids is 1. The molecule has 1 atom stereocenters. The number of nitrogens with zero attached hydrogens (tertiary/aromatic N) is 1. The van der Waals surface area contributed by atoms with Crippen LogP contribution in [0.4, 0.5) is 4.39 Å². The van der Waals surface area contributed by atoms with E-state index in [2.05, 4.69) is 4.98 Å². The van der Waals surface area contributed by atoms with Gasteiger partial charge < -0.3 is 15.0 Å². The predicted octanol–water partition coefficient (Wildman–Crippen LogP) is 2.67. The summed E-state index contributed by atoms with van der Waals surface area (Å²) in [4.78, 5) is 17.1. The molecule has 2 aromatic rings. The van der Waals surface area contributed by atoms with Gasteiger partial charge in [0.15, 0.2) is 0 Å². The Labute approximate surface area is 134 Å². The summed E-state index contributed by atoms with van der Waals surface area (Å²) in [5.41, 5.74) is 1.66. The molecule has 0 radical (unpaired) electrons. The van der Waals surface area contributed by atoms with E-state index in [1.54, 1.807) is 12.1 Å². The smallest absolute Gasteiger partial charge is 0.228 e. The number of hydrogen-bond donors (Lipinski definition) is 2. The Bertz CT molecular complexity index is 632. The fourth-order valence-electron chi connectivity index (χ4n) is 3.15. The molecular weight excluding hydrogens is 295 g/mol. The second-order valence-corrected chi connectivity index (χ2v) is 6.09. The Kier molecular flexibility index (Phi) is 4.76. The molecule has 1 fully saturated rings. The van der Waals surface area contributed by atoms with E-state index in [-0.39, 0.29) is 17.6 Å². The zero-order valence-electron chi connectivity index (χ0n) is 12.9. The third kappa shape index (κ3) is 3.79. The molecule has 0 bridgehead atoms. The molecule has 2 heterocycles. The van der Waals surface area contributed by atoms with Crippen molar-refractivity contribution in [1.29, 1.82) is 0 Å². The van der Waals surface area contributed by atoms with Crippen LogP contribution in [0.2, 0.25) is 0 Å². The number of aromatic nitrogens is 1. The maximum absolute atomic E-state index is 13.0. The van der Waals surface area contributed by atoms with Crippen LogP contribution in [0.25, 0.3) is 0 Å². The molecule has 5 heteroatoms. The van der Waals surface area contributed by atoms with Gasteiger partial charge in [0, 0.05) is 25.0 Å². The number of nitrogens with one attached hydrogen (secondary N) is 1. The Morgan fingerprint density at radius 3 is 2.57 bits per heavy atom. The lowest BCUT2D eigenvalue weighted by molar-refractivity contribution is -0.132. The van der Waals surface area contributed by atoms with Gasteiger partial charge in [-0.05, 0) is 48.6 Å². The minimum Gasteiger partial charge on any atom is -0.388 e. The maximum atomic E-state index is 13.0. The van der Waals surface area contributed by atoms with Gasteiger partial charge in [0.05, 0.1) is 12.5 Å². The minimum absolute atomic E-state index is 0.106. The molecule has 1 unspecified atom stereocenters. The maximum Gasteiger partial charge on any atom is 0.228 e. The van der Waals surface area contributed by atoms with Gasteiger partial charge in [-0.25, -0.2) is 4.39 Å². The van der Waals surface area contributed by atoms with E-state index in [4.69, 9.17) is 0 Å². The van der Waals surface area contributed by atoms with E-state index < -0.39 is 6.10 Å². The third-order valence-electron chi connectivity index (χ3n) is 4.55. The van der Waals surface area contributed by atoms with Gasteiger partial charge in [-0.15, -0.1) is 0 Å². The van der Waals surface area contributed by atoms with Crippen LogP contribution in [-0.2, 0) is 11.2 Å². The average molecular weight is 316 g/mol. The van der Waals surface area contributed by atoms with Crippen molar-refractivity contribution in [2.45, 2.75) is 25.4 Å². The highest BCUT2D eigenvalue weighted by Crippen LogP contribution is 2.30. The number of hydrogen-bond acceptors (Lipinski definition) is 2. The lowest BCUT2D eigenvalue weighted by Crippen LogP contribution is -2.40. The van der Waals surface area contributed by atoms with Gasteiger partial charge in [-0.3, -0.25) is 4.79 Å². The van der Waals surface area contributed by atoms with Crippen molar-refractivity contribution < 1.29 is 14.3 Å². The number of carbonyl (C=O) groups is 1. The highest BCUT2D eigenvalue weighted by Gasteiger charge is 2.28. The first-order chi connectivity index (χ1) is 11.1. The molecular formula is C18H21FN2O2. The summed E-state index contributed by atoms with van der Waals surface area (Å²) in [5, 5.41) is 10.4. The van der Waals surface area contributed by atoms with E-state index in [1.165, 1.54) is 12.1 Å². The third-order valence-corrected chi connectivity index (χ3v) is 4.55. The fourth-order valence-corrected chi connectivity index (χ4v) is 3.15. The van der Waals surface area contributed by atoms with Gasteiger partial charge in [0.2, 0.25) is 5.91 Å². The summed E-state index contributed by atoms with van der Waals surface area (Å²) >= 11 is 0. The summed E-state index contributed by atoms with van der Waals surface area (Å²) in [6, 6.07) is 9.78. The highest BCUT2D eigenvalue weighted by molar-refractivity contribution is 5.78. The van der Waals surface area contributed by atoms with Crippen molar-refractivity contribution in [3.8, 4) is 0 Å². The molecule has 1 aliphatic rings. The second-order valence-electron chi connectivity index (χ2n) is 6.09. The van der Waals surface area contributed by atoms with Gasteiger partial charge in [-0.1, -0.05) is 12.1 Å². The quantitative estimate of drug-likeness (QED) is 0.911. The summed E-state index contributed by atoms with van der Waals surface area (Å²) in [6.45, 7) is 1.31. The predicted molar refractivity (Wildman–Crippen MR) is 85.2 cm³/mol. The van der Waals surface area contributed by atoms with E-state index in [1.807, 2.05) is 23.2 Å². The molecule has 23 heavy (non-hydrogen) atoms. The van der Waals surface area contributed by atoms with Crippen molar-refractivity contribution in [3.63, 3.8) is 0 Å². The van der Waals surface area contributed by atoms with E-state index in [0.29, 0.717) is 19.5 Å². The molecule has 0 spiro atoms. The summed E-state index contributed by atoms with van der Waals surface area (Å²) < 4.78 is 13.0. The number of piperidine rings is 1. The van der Waals surface area contributed by atoms with Crippen LogP contribution in [0.5, 0.6) is 0 Å². The van der Waals surface area contributed by atoms with Crippen molar-refractivity contribution >= 4 is 5.91 Å².